The third kappa shape index (κ3) is 5.41. The van der Waals surface area contributed by atoms with Gasteiger partial charge in [-0.25, -0.2) is 4.79 Å². The maximum atomic E-state index is 11.9. The minimum absolute atomic E-state index is 0.0771. The van der Waals surface area contributed by atoms with E-state index in [4.69, 9.17) is 4.43 Å². The van der Waals surface area contributed by atoms with E-state index in [2.05, 4.69) is 55.8 Å². The Hall–Kier alpha value is -3.22. The quantitative estimate of drug-likeness (QED) is 0.417. The van der Waals surface area contributed by atoms with Gasteiger partial charge < -0.3 is 9.53 Å². The molecule has 172 valence electrons. The first-order valence-electron chi connectivity index (χ1n) is 10.8. The molecule has 0 bridgehead atoms. The Morgan fingerprint density at radius 2 is 1.61 bits per heavy atom. The lowest BCUT2D eigenvalue weighted by Crippen LogP contribution is -2.67. The van der Waals surface area contributed by atoms with Gasteiger partial charge in [0.2, 0.25) is 0 Å². The first-order chi connectivity index (χ1) is 15.6. The lowest BCUT2D eigenvalue weighted by Gasteiger charge is -2.43. The smallest absolute Gasteiger partial charge is 0.332 e. The summed E-state index contributed by atoms with van der Waals surface area (Å²) in [7, 11) is -2.75. The van der Waals surface area contributed by atoms with Gasteiger partial charge in [-0.3, -0.25) is 14.3 Å². The number of aromatic amines is 1. The highest BCUT2D eigenvalue weighted by molar-refractivity contribution is 6.99. The maximum Gasteiger partial charge on any atom is 0.332 e. The van der Waals surface area contributed by atoms with Crippen LogP contribution in [0.1, 0.15) is 26.3 Å². The predicted octanol–water partition coefficient (Wildman–Crippen LogP) is 2.41. The molecule has 3 rings (SSSR count). The lowest BCUT2D eigenvalue weighted by atomic mass is 10.2. The molecule has 3 aromatic rings. The summed E-state index contributed by atoms with van der Waals surface area (Å²) in [4.78, 5) is 25.6. The summed E-state index contributed by atoms with van der Waals surface area (Å²) in [5.74, 6) is 0. The van der Waals surface area contributed by atoms with Crippen LogP contribution in [0.2, 0.25) is 5.04 Å². The van der Waals surface area contributed by atoms with Crippen molar-refractivity contribution < 1.29 is 9.53 Å². The second-order valence-electron chi connectivity index (χ2n) is 8.98. The standard InChI is InChI=1S/C26H30N2O4Si/c1-20-18-28(25(31)27-24(20)30)17-11-12-21(29)19-32-33(26(2,3)4,22-13-7-5-8-14-22)23-15-9-6-10-16-23/h5-10,12-18,21,29H,19H2,1-4H3,(H,27,30,31)/t11?,21-/m0/s1. The molecule has 0 aliphatic carbocycles. The van der Waals surface area contributed by atoms with E-state index in [0.29, 0.717) is 5.56 Å². The van der Waals surface area contributed by atoms with E-state index in [1.807, 2.05) is 36.4 Å². The van der Waals surface area contributed by atoms with Gasteiger partial charge in [0, 0.05) is 11.8 Å². The van der Waals surface area contributed by atoms with E-state index < -0.39 is 25.7 Å². The molecule has 2 aromatic carbocycles. The molecule has 33 heavy (non-hydrogen) atoms. The molecule has 6 nitrogen and oxygen atoms in total. The number of hydrogen-bond acceptors (Lipinski definition) is 4. The topological polar surface area (TPSA) is 84.3 Å². The van der Waals surface area contributed by atoms with Gasteiger partial charge in [0.1, 0.15) is 6.10 Å². The number of aryl methyl sites for hydroxylation is 1. The molecule has 0 radical (unpaired) electrons. The zero-order valence-corrected chi connectivity index (χ0v) is 20.4. The van der Waals surface area contributed by atoms with Crippen molar-refractivity contribution >= 4 is 24.9 Å². The SMILES string of the molecule is Cc1cn(C=C=C[C@H](O)CO[Si](c2ccccc2)(c2ccccc2)C(C)(C)C)c(=O)[nH]c1=O. The third-order valence-corrected chi connectivity index (χ3v) is 10.5. The number of nitrogens with zero attached hydrogens (tertiary/aromatic N) is 1. The molecule has 0 spiro atoms. The summed E-state index contributed by atoms with van der Waals surface area (Å²) in [5, 5.41) is 12.7. The van der Waals surface area contributed by atoms with E-state index in [0.717, 1.165) is 10.4 Å². The Balaban J connectivity index is 1.92. The molecular weight excluding hydrogens is 432 g/mol. The summed E-state index contributed by atoms with van der Waals surface area (Å²) in [6, 6.07) is 20.4. The van der Waals surface area contributed by atoms with Crippen molar-refractivity contribution in [3.8, 4) is 0 Å². The van der Waals surface area contributed by atoms with Gasteiger partial charge in [-0.15, -0.1) is 5.73 Å². The zero-order chi connectivity index (χ0) is 24.1. The fourth-order valence-electron chi connectivity index (χ4n) is 3.94. The fraction of sp³-hybridized carbons (Fsp3) is 0.269. The Kier molecular flexibility index (Phi) is 7.51. The van der Waals surface area contributed by atoms with E-state index >= 15 is 0 Å². The van der Waals surface area contributed by atoms with Crippen LogP contribution < -0.4 is 21.6 Å². The number of aromatic nitrogens is 2. The van der Waals surface area contributed by atoms with Crippen molar-refractivity contribution in [2.24, 2.45) is 0 Å². The summed E-state index contributed by atoms with van der Waals surface area (Å²) in [5.41, 5.74) is 2.24. The van der Waals surface area contributed by atoms with Gasteiger partial charge in [-0.1, -0.05) is 81.4 Å². The van der Waals surface area contributed by atoms with Crippen molar-refractivity contribution in [3.05, 3.63) is 105 Å². The largest absolute Gasteiger partial charge is 0.404 e. The molecule has 0 amide bonds. The number of hydrogen-bond donors (Lipinski definition) is 2. The lowest BCUT2D eigenvalue weighted by molar-refractivity contribution is 0.138. The summed E-state index contributed by atoms with van der Waals surface area (Å²) in [6.07, 6.45) is 3.32. The molecule has 0 aliphatic heterocycles. The van der Waals surface area contributed by atoms with E-state index in [1.54, 1.807) is 6.92 Å². The summed E-state index contributed by atoms with van der Waals surface area (Å²) in [6.45, 7) is 8.21. The highest BCUT2D eigenvalue weighted by atomic mass is 28.4. The summed E-state index contributed by atoms with van der Waals surface area (Å²) < 4.78 is 7.89. The zero-order valence-electron chi connectivity index (χ0n) is 19.4. The van der Waals surface area contributed by atoms with E-state index in [-0.39, 0.29) is 11.6 Å². The Morgan fingerprint density at radius 3 is 2.12 bits per heavy atom. The van der Waals surface area contributed by atoms with Crippen LogP contribution in [0.25, 0.3) is 6.20 Å². The van der Waals surface area contributed by atoms with Gasteiger partial charge >= 0.3 is 5.69 Å². The van der Waals surface area contributed by atoms with Crippen LogP contribution in [0.3, 0.4) is 0 Å². The van der Waals surface area contributed by atoms with Crippen LogP contribution in [-0.2, 0) is 4.43 Å². The predicted molar refractivity (Wildman–Crippen MR) is 134 cm³/mol. The minimum Gasteiger partial charge on any atom is -0.404 e. The molecule has 2 N–H and O–H groups in total. The molecular formula is C26H30N2O4Si. The number of rotatable bonds is 7. The Morgan fingerprint density at radius 1 is 1.06 bits per heavy atom. The van der Waals surface area contributed by atoms with Crippen molar-refractivity contribution in [2.75, 3.05) is 6.61 Å². The van der Waals surface area contributed by atoms with Crippen LogP contribution in [0, 0.1) is 6.92 Å². The van der Waals surface area contributed by atoms with Crippen LogP contribution >= 0.6 is 0 Å². The number of nitrogens with one attached hydrogen (secondary N) is 1. The number of H-pyrrole nitrogens is 1. The summed E-state index contributed by atoms with van der Waals surface area (Å²) >= 11 is 0. The normalized spacial score (nSPS) is 12.6. The van der Waals surface area contributed by atoms with Crippen molar-refractivity contribution in [3.63, 3.8) is 0 Å². The molecule has 1 aromatic heterocycles. The van der Waals surface area contributed by atoms with E-state index in [1.165, 1.54) is 23.0 Å². The Labute approximate surface area is 194 Å². The average molecular weight is 463 g/mol. The van der Waals surface area contributed by atoms with Crippen LogP contribution in [-0.4, -0.2) is 35.7 Å². The number of aliphatic hydroxyl groups is 1. The molecule has 0 saturated heterocycles. The molecule has 0 fully saturated rings. The van der Waals surface area contributed by atoms with Gasteiger partial charge in [0.25, 0.3) is 13.9 Å². The molecule has 1 atom stereocenters. The number of aliphatic hydroxyl groups excluding tert-OH is 1. The van der Waals surface area contributed by atoms with Crippen molar-refractivity contribution in [1.82, 2.24) is 9.55 Å². The van der Waals surface area contributed by atoms with Crippen molar-refractivity contribution in [2.45, 2.75) is 38.8 Å². The van der Waals surface area contributed by atoms with Crippen LogP contribution in [0.15, 0.2) is 88.3 Å². The molecule has 0 unspecified atom stereocenters. The highest BCUT2D eigenvalue weighted by Crippen LogP contribution is 2.36. The van der Waals surface area contributed by atoms with Crippen LogP contribution in [0.5, 0.6) is 0 Å². The molecule has 0 aliphatic rings. The average Bonchev–Trinajstić information content (AvgIpc) is 2.78. The Bertz CT molecular complexity index is 1210. The first-order valence-corrected chi connectivity index (χ1v) is 12.7. The second kappa shape index (κ2) is 10.1. The monoisotopic (exact) mass is 462 g/mol. The van der Waals surface area contributed by atoms with Gasteiger partial charge in [-0.2, -0.15) is 0 Å². The third-order valence-electron chi connectivity index (χ3n) is 5.54. The van der Waals surface area contributed by atoms with Gasteiger partial charge in [0.15, 0.2) is 0 Å². The maximum absolute atomic E-state index is 11.9. The molecule has 7 heteroatoms. The second-order valence-corrected chi connectivity index (χ2v) is 13.3. The van der Waals surface area contributed by atoms with Crippen molar-refractivity contribution in [1.29, 1.82) is 0 Å². The first kappa shape index (κ1) is 24.4. The number of benzene rings is 2. The molecule has 0 saturated carbocycles. The van der Waals surface area contributed by atoms with Gasteiger partial charge in [0.05, 0.1) is 12.8 Å². The van der Waals surface area contributed by atoms with Crippen LogP contribution in [0.4, 0.5) is 0 Å². The van der Waals surface area contributed by atoms with E-state index in [9.17, 15) is 14.7 Å². The fourth-order valence-corrected chi connectivity index (χ4v) is 8.51. The highest BCUT2D eigenvalue weighted by Gasteiger charge is 2.50. The minimum atomic E-state index is -2.75. The van der Waals surface area contributed by atoms with Gasteiger partial charge in [-0.05, 0) is 28.4 Å². The molecule has 1 heterocycles.